The van der Waals surface area contributed by atoms with Crippen LogP contribution in [-0.4, -0.2) is 39.8 Å². The molecule has 1 N–H and O–H groups in total. The number of rotatable bonds is 7. The maximum absolute atomic E-state index is 4.97. The summed E-state index contributed by atoms with van der Waals surface area (Å²) in [6.07, 6.45) is 3.91. The van der Waals surface area contributed by atoms with E-state index in [1.54, 1.807) is 11.8 Å². The quantitative estimate of drug-likeness (QED) is 0.722. The first-order chi connectivity index (χ1) is 8.78. The molecule has 0 spiro atoms. The molecule has 18 heavy (non-hydrogen) atoms. The van der Waals surface area contributed by atoms with Crippen molar-refractivity contribution in [3.05, 3.63) is 35.9 Å². The van der Waals surface area contributed by atoms with Crippen molar-refractivity contribution in [3.63, 3.8) is 0 Å². The Morgan fingerprint density at radius 3 is 2.78 bits per heavy atom. The fourth-order valence-corrected chi connectivity index (χ4v) is 1.69. The summed E-state index contributed by atoms with van der Waals surface area (Å²) in [5.41, 5.74) is 2.04. The van der Waals surface area contributed by atoms with E-state index in [-0.39, 0.29) is 0 Å². The molecule has 0 fully saturated rings. The molecule has 0 atom stereocenters. The molecule has 2 aromatic heterocycles. The lowest BCUT2D eigenvalue weighted by atomic mass is 10.4. The van der Waals surface area contributed by atoms with Crippen molar-refractivity contribution in [1.82, 2.24) is 24.9 Å². The highest BCUT2D eigenvalue weighted by molar-refractivity contribution is 5.03. The van der Waals surface area contributed by atoms with E-state index in [1.807, 2.05) is 36.3 Å². The maximum Gasteiger partial charge on any atom is 0.0849 e. The Hall–Kier alpha value is -1.66. The molecule has 0 saturated heterocycles. The van der Waals surface area contributed by atoms with Crippen molar-refractivity contribution in [2.45, 2.75) is 13.1 Å². The minimum Gasteiger partial charge on any atom is -0.383 e. The van der Waals surface area contributed by atoms with Gasteiger partial charge in [0.25, 0.3) is 0 Å². The van der Waals surface area contributed by atoms with E-state index in [0.717, 1.165) is 24.5 Å². The summed E-state index contributed by atoms with van der Waals surface area (Å²) in [5, 5.41) is 12.1. The van der Waals surface area contributed by atoms with Crippen LogP contribution < -0.4 is 5.32 Å². The molecule has 2 aromatic rings. The first-order valence-electron chi connectivity index (χ1n) is 5.98. The minimum atomic E-state index is 0.707. The Labute approximate surface area is 107 Å². The molecule has 6 heteroatoms. The van der Waals surface area contributed by atoms with Crippen LogP contribution in [0.4, 0.5) is 0 Å². The predicted octanol–water partition coefficient (Wildman–Crippen LogP) is 0.401. The van der Waals surface area contributed by atoms with Crippen molar-refractivity contribution in [1.29, 1.82) is 0 Å². The molecule has 6 nitrogen and oxygen atoms in total. The highest BCUT2D eigenvalue weighted by atomic mass is 16.5. The van der Waals surface area contributed by atoms with Gasteiger partial charge in [0.05, 0.1) is 24.5 Å². The zero-order valence-electron chi connectivity index (χ0n) is 10.8. The predicted molar refractivity (Wildman–Crippen MR) is 68.1 cm³/mol. The molecule has 2 heterocycles. The van der Waals surface area contributed by atoms with E-state index < -0.39 is 0 Å². The third-order valence-corrected chi connectivity index (χ3v) is 2.58. The number of ether oxygens (including phenoxy) is 1. The van der Waals surface area contributed by atoms with Crippen LogP contribution in [0.1, 0.15) is 11.4 Å². The summed E-state index contributed by atoms with van der Waals surface area (Å²) in [5.74, 6) is 0. The van der Waals surface area contributed by atoms with E-state index >= 15 is 0 Å². The summed E-state index contributed by atoms with van der Waals surface area (Å²) < 4.78 is 8.66. The molecule has 0 aliphatic carbocycles. The van der Waals surface area contributed by atoms with Gasteiger partial charge in [-0.3, -0.25) is 9.36 Å². The number of hydrogen-bond donors (Lipinski definition) is 1. The van der Waals surface area contributed by atoms with Crippen molar-refractivity contribution >= 4 is 0 Å². The lowest BCUT2D eigenvalue weighted by molar-refractivity contribution is 0.199. The molecule has 98 valence electrons. The van der Waals surface area contributed by atoms with Crippen LogP contribution in [0.3, 0.4) is 0 Å². The van der Waals surface area contributed by atoms with Crippen LogP contribution in [0.15, 0.2) is 24.5 Å². The average molecular weight is 249 g/mol. The second-order valence-electron chi connectivity index (χ2n) is 4.15. The second-order valence-corrected chi connectivity index (χ2v) is 4.15. The number of nitrogens with zero attached hydrogens (tertiary/aromatic N) is 4. The summed E-state index contributed by atoms with van der Waals surface area (Å²) >= 11 is 0. The highest BCUT2D eigenvalue weighted by Crippen LogP contribution is 2.00. The fraction of sp³-hybridized carbons (Fsp3) is 0.500. The van der Waals surface area contributed by atoms with Crippen molar-refractivity contribution < 1.29 is 4.74 Å². The average Bonchev–Trinajstić information content (AvgIpc) is 2.95. The Balaban J connectivity index is 1.82. The second kappa shape index (κ2) is 6.32. The van der Waals surface area contributed by atoms with Gasteiger partial charge in [0, 0.05) is 39.6 Å². The largest absolute Gasteiger partial charge is 0.383 e. The summed E-state index contributed by atoms with van der Waals surface area (Å²) in [7, 11) is 3.61. The van der Waals surface area contributed by atoms with Crippen LogP contribution in [0.5, 0.6) is 0 Å². The van der Waals surface area contributed by atoms with Crippen LogP contribution in [0.2, 0.25) is 0 Å². The van der Waals surface area contributed by atoms with Crippen LogP contribution in [-0.2, 0) is 24.9 Å². The van der Waals surface area contributed by atoms with E-state index in [0.29, 0.717) is 13.2 Å². The molecule has 0 aromatic carbocycles. The van der Waals surface area contributed by atoms with Gasteiger partial charge in [0.15, 0.2) is 0 Å². The fourth-order valence-electron chi connectivity index (χ4n) is 1.69. The SMILES string of the molecule is COCCNCc1ccn(Cc2ccn(C)n2)n1. The van der Waals surface area contributed by atoms with Crippen LogP contribution >= 0.6 is 0 Å². The van der Waals surface area contributed by atoms with Crippen molar-refractivity contribution in [3.8, 4) is 0 Å². The lowest BCUT2D eigenvalue weighted by Gasteiger charge is -2.01. The third-order valence-electron chi connectivity index (χ3n) is 2.58. The van der Waals surface area contributed by atoms with Gasteiger partial charge in [-0.2, -0.15) is 10.2 Å². The summed E-state index contributed by atoms with van der Waals surface area (Å²) in [6.45, 7) is 3.02. The maximum atomic E-state index is 4.97. The first-order valence-corrected chi connectivity index (χ1v) is 5.98. The zero-order valence-corrected chi connectivity index (χ0v) is 10.8. The van der Waals surface area contributed by atoms with E-state index in [4.69, 9.17) is 4.74 Å². The number of aromatic nitrogens is 4. The van der Waals surface area contributed by atoms with E-state index in [9.17, 15) is 0 Å². The molecular weight excluding hydrogens is 230 g/mol. The van der Waals surface area contributed by atoms with Gasteiger partial charge >= 0.3 is 0 Å². The summed E-state index contributed by atoms with van der Waals surface area (Å²) in [4.78, 5) is 0. The minimum absolute atomic E-state index is 0.707. The smallest absolute Gasteiger partial charge is 0.0849 e. The van der Waals surface area contributed by atoms with Gasteiger partial charge in [-0.15, -0.1) is 0 Å². The molecular formula is C12H19N5O. The highest BCUT2D eigenvalue weighted by Gasteiger charge is 2.01. The molecule has 2 rings (SSSR count). The van der Waals surface area contributed by atoms with E-state index in [1.165, 1.54) is 0 Å². The number of aryl methyl sites for hydroxylation is 1. The Morgan fingerprint density at radius 2 is 2.06 bits per heavy atom. The monoisotopic (exact) mass is 249 g/mol. The molecule has 0 bridgehead atoms. The normalized spacial score (nSPS) is 11.0. The van der Waals surface area contributed by atoms with Crippen molar-refractivity contribution in [2.75, 3.05) is 20.3 Å². The van der Waals surface area contributed by atoms with Gasteiger partial charge in [-0.1, -0.05) is 0 Å². The third kappa shape index (κ3) is 3.68. The van der Waals surface area contributed by atoms with Gasteiger partial charge in [0.2, 0.25) is 0 Å². The van der Waals surface area contributed by atoms with Gasteiger partial charge in [0.1, 0.15) is 0 Å². The van der Waals surface area contributed by atoms with Gasteiger partial charge < -0.3 is 10.1 Å². The first kappa shape index (κ1) is 12.8. The van der Waals surface area contributed by atoms with E-state index in [2.05, 4.69) is 15.5 Å². The Morgan fingerprint density at radius 1 is 1.22 bits per heavy atom. The van der Waals surface area contributed by atoms with Gasteiger partial charge in [-0.25, -0.2) is 0 Å². The number of nitrogens with one attached hydrogen (secondary N) is 1. The molecule has 0 aliphatic rings. The Kier molecular flexibility index (Phi) is 4.49. The lowest BCUT2D eigenvalue weighted by Crippen LogP contribution is -2.19. The summed E-state index contributed by atoms with van der Waals surface area (Å²) in [6, 6.07) is 4.01. The standard InChI is InChI=1S/C12H19N5O/c1-16-6-3-12(14-16)10-17-7-4-11(15-17)9-13-5-8-18-2/h3-4,6-7,13H,5,8-10H2,1-2H3. The van der Waals surface area contributed by atoms with Gasteiger partial charge in [-0.05, 0) is 12.1 Å². The molecule has 0 aliphatic heterocycles. The Bertz CT molecular complexity index is 476. The van der Waals surface area contributed by atoms with Crippen molar-refractivity contribution in [2.24, 2.45) is 7.05 Å². The molecule has 0 amide bonds. The topological polar surface area (TPSA) is 56.9 Å². The molecule has 0 unspecified atom stereocenters. The molecule has 0 radical (unpaired) electrons. The zero-order chi connectivity index (χ0) is 12.8. The van der Waals surface area contributed by atoms with Crippen LogP contribution in [0, 0.1) is 0 Å². The number of hydrogen-bond acceptors (Lipinski definition) is 4. The number of methoxy groups -OCH3 is 1. The molecule has 0 saturated carbocycles. The van der Waals surface area contributed by atoms with Crippen LogP contribution in [0.25, 0.3) is 0 Å².